The van der Waals surface area contributed by atoms with Crippen LogP contribution >= 0.6 is 11.6 Å². The molecule has 0 saturated heterocycles. The van der Waals surface area contributed by atoms with E-state index >= 15 is 0 Å². The van der Waals surface area contributed by atoms with Crippen molar-refractivity contribution in [2.45, 2.75) is 50.6 Å². The molecule has 3 aromatic rings. The van der Waals surface area contributed by atoms with Gasteiger partial charge in [0.1, 0.15) is 29.9 Å². The van der Waals surface area contributed by atoms with E-state index < -0.39 is 72.1 Å². The second-order valence-electron chi connectivity index (χ2n) is 11.1. The lowest BCUT2D eigenvalue weighted by molar-refractivity contribution is -0.165. The fraction of sp³-hybridized carbons (Fsp3) is 0.333. The first kappa shape index (κ1) is 38.7. The number of methoxy groups -OCH3 is 1. The number of carbonyl (C=O) groups excluding carboxylic acids is 4. The maximum atomic E-state index is 14.8. The molecule has 3 amide bonds. The SMILES string of the molecule is COc1ccc([C@H](NC(=O)[C@@H](Cc2cccc(F)c2)Oc2cccc(Cl)c2)C(=O)N[C@H](C(=O)C(F)(F)C(=O)NCC(F)(F)F)C(C)C)cc1. The lowest BCUT2D eigenvalue weighted by atomic mass is 9.94. The Morgan fingerprint density at radius 1 is 0.837 bits per heavy atom. The number of nitrogens with one attached hydrogen (secondary N) is 3. The number of benzene rings is 3. The summed E-state index contributed by atoms with van der Waals surface area (Å²) in [6, 6.07) is 13.1. The Morgan fingerprint density at radius 3 is 2.06 bits per heavy atom. The summed E-state index contributed by atoms with van der Waals surface area (Å²) in [5.74, 6) is -13.0. The fourth-order valence-electron chi connectivity index (χ4n) is 4.47. The maximum Gasteiger partial charge on any atom is 0.405 e. The van der Waals surface area contributed by atoms with Crippen molar-refractivity contribution in [1.29, 1.82) is 0 Å². The van der Waals surface area contributed by atoms with E-state index in [9.17, 15) is 45.5 Å². The van der Waals surface area contributed by atoms with Gasteiger partial charge >= 0.3 is 12.1 Å². The predicted octanol–water partition coefficient (Wildman–Crippen LogP) is 5.36. The molecule has 0 aliphatic rings. The van der Waals surface area contributed by atoms with Gasteiger partial charge in [-0.3, -0.25) is 19.2 Å². The summed E-state index contributed by atoms with van der Waals surface area (Å²) in [4.78, 5) is 52.3. The van der Waals surface area contributed by atoms with Crippen LogP contribution in [-0.4, -0.2) is 61.4 Å². The Labute approximate surface area is 282 Å². The average molecular weight is 716 g/mol. The van der Waals surface area contributed by atoms with Gasteiger partial charge in [0.15, 0.2) is 6.10 Å². The Balaban J connectivity index is 1.95. The van der Waals surface area contributed by atoms with Gasteiger partial charge in [0.25, 0.3) is 11.8 Å². The molecule has 0 unspecified atom stereocenters. The Hall–Kier alpha value is -4.79. The van der Waals surface area contributed by atoms with E-state index in [1.165, 1.54) is 81.6 Å². The van der Waals surface area contributed by atoms with E-state index in [1.807, 2.05) is 0 Å². The molecule has 264 valence electrons. The van der Waals surface area contributed by atoms with E-state index in [0.717, 1.165) is 5.32 Å². The standard InChI is InChI=1S/C33H32ClF6N3O6/c1-18(2)26(28(44)33(39,40)31(47)41-17-32(36,37)38)42-30(46)27(20-10-12-23(48-3)13-11-20)43-29(45)25(15-19-6-4-8-22(35)14-19)49-24-9-5-7-21(34)16-24/h4-14,16,18,25-27H,15,17H2,1-3H3,(H,41,47)(H,42,46)(H,43,45)/t25-,26+,27+/m1/s1. The number of Topliss-reactive ketones (excluding diaryl/α,β-unsaturated/α-hetero) is 1. The van der Waals surface area contributed by atoms with E-state index in [0.29, 0.717) is 11.3 Å². The molecule has 3 aromatic carbocycles. The largest absolute Gasteiger partial charge is 0.497 e. The first-order valence-corrected chi connectivity index (χ1v) is 15.0. The van der Waals surface area contributed by atoms with Gasteiger partial charge in [0, 0.05) is 11.4 Å². The summed E-state index contributed by atoms with van der Waals surface area (Å²) in [6.45, 7) is 0.385. The number of ketones is 1. The van der Waals surface area contributed by atoms with Gasteiger partial charge in [-0.25, -0.2) is 4.39 Å². The number of rotatable bonds is 15. The molecular weight excluding hydrogens is 684 g/mol. The second kappa shape index (κ2) is 16.5. The fourth-order valence-corrected chi connectivity index (χ4v) is 4.65. The Morgan fingerprint density at radius 2 is 1.49 bits per heavy atom. The molecule has 0 fully saturated rings. The van der Waals surface area contributed by atoms with Crippen molar-refractivity contribution < 1.29 is 55.0 Å². The first-order chi connectivity index (χ1) is 22.9. The minimum absolute atomic E-state index is 0.0866. The molecule has 0 aliphatic carbocycles. The van der Waals surface area contributed by atoms with Gasteiger partial charge in [-0.2, -0.15) is 22.0 Å². The lowest BCUT2D eigenvalue weighted by Crippen LogP contribution is -2.58. The molecule has 0 aliphatic heterocycles. The molecule has 0 heterocycles. The molecular formula is C33H32ClF6N3O6. The highest BCUT2D eigenvalue weighted by Gasteiger charge is 2.52. The van der Waals surface area contributed by atoms with Crippen molar-refractivity contribution in [2.75, 3.05) is 13.7 Å². The van der Waals surface area contributed by atoms with Gasteiger partial charge in [-0.1, -0.05) is 55.8 Å². The zero-order valence-corrected chi connectivity index (χ0v) is 27.0. The van der Waals surface area contributed by atoms with Crippen LogP contribution in [0, 0.1) is 11.7 Å². The minimum atomic E-state index is -5.03. The van der Waals surface area contributed by atoms with Gasteiger partial charge in [-0.15, -0.1) is 0 Å². The normalized spacial score (nSPS) is 13.5. The quantitative estimate of drug-likeness (QED) is 0.144. The third-order valence-electron chi connectivity index (χ3n) is 6.97. The van der Waals surface area contributed by atoms with Crippen molar-refractivity contribution in [3.8, 4) is 11.5 Å². The number of ether oxygens (including phenoxy) is 2. The van der Waals surface area contributed by atoms with Crippen LogP contribution in [0.25, 0.3) is 0 Å². The monoisotopic (exact) mass is 715 g/mol. The molecule has 16 heteroatoms. The summed E-state index contributed by atoms with van der Waals surface area (Å²) in [7, 11) is 1.37. The minimum Gasteiger partial charge on any atom is -0.497 e. The molecule has 0 bridgehead atoms. The van der Waals surface area contributed by atoms with Crippen LogP contribution in [0.5, 0.6) is 11.5 Å². The lowest BCUT2D eigenvalue weighted by Gasteiger charge is -2.28. The summed E-state index contributed by atoms with van der Waals surface area (Å²) < 4.78 is 92.2. The number of hydrogen-bond acceptors (Lipinski definition) is 6. The van der Waals surface area contributed by atoms with Crippen LogP contribution in [0.3, 0.4) is 0 Å². The summed E-state index contributed by atoms with van der Waals surface area (Å²) in [6.07, 6.45) is -6.66. The van der Waals surface area contributed by atoms with Crippen LogP contribution in [0.15, 0.2) is 72.8 Å². The van der Waals surface area contributed by atoms with Crippen molar-refractivity contribution in [2.24, 2.45) is 5.92 Å². The molecule has 9 nitrogen and oxygen atoms in total. The smallest absolute Gasteiger partial charge is 0.405 e. The highest BCUT2D eigenvalue weighted by atomic mass is 35.5. The van der Waals surface area contributed by atoms with E-state index in [-0.39, 0.29) is 22.8 Å². The number of halogens is 7. The highest BCUT2D eigenvalue weighted by molar-refractivity contribution is 6.30. The summed E-state index contributed by atoms with van der Waals surface area (Å²) >= 11 is 6.06. The molecule has 3 rings (SSSR count). The maximum absolute atomic E-state index is 14.8. The van der Waals surface area contributed by atoms with Gasteiger partial charge in [0.2, 0.25) is 11.7 Å². The van der Waals surface area contributed by atoms with Crippen LogP contribution < -0.4 is 25.4 Å². The van der Waals surface area contributed by atoms with Crippen LogP contribution in [0.4, 0.5) is 26.3 Å². The number of amides is 3. The van der Waals surface area contributed by atoms with Crippen molar-refractivity contribution in [3.63, 3.8) is 0 Å². The van der Waals surface area contributed by atoms with Crippen molar-refractivity contribution in [1.82, 2.24) is 16.0 Å². The second-order valence-corrected chi connectivity index (χ2v) is 11.5. The average Bonchev–Trinajstić information content (AvgIpc) is 3.03. The molecule has 3 atom stereocenters. The molecule has 0 aromatic heterocycles. The van der Waals surface area contributed by atoms with Crippen molar-refractivity contribution >= 4 is 35.1 Å². The Bertz CT molecular complexity index is 1590. The van der Waals surface area contributed by atoms with E-state index in [2.05, 4.69) is 10.6 Å². The van der Waals surface area contributed by atoms with Crippen LogP contribution in [0.2, 0.25) is 5.02 Å². The number of hydrogen-bond donors (Lipinski definition) is 3. The Kier molecular flexibility index (Phi) is 13.1. The highest BCUT2D eigenvalue weighted by Crippen LogP contribution is 2.25. The van der Waals surface area contributed by atoms with E-state index in [4.69, 9.17) is 21.1 Å². The molecule has 0 radical (unpaired) electrons. The third-order valence-corrected chi connectivity index (χ3v) is 7.20. The zero-order chi connectivity index (χ0) is 36.5. The predicted molar refractivity (Wildman–Crippen MR) is 166 cm³/mol. The van der Waals surface area contributed by atoms with Crippen LogP contribution in [0.1, 0.15) is 31.0 Å². The molecule has 0 spiro atoms. The molecule has 0 saturated carbocycles. The van der Waals surface area contributed by atoms with Crippen LogP contribution in [-0.2, 0) is 25.6 Å². The molecule has 49 heavy (non-hydrogen) atoms. The summed E-state index contributed by atoms with van der Waals surface area (Å²) in [5.41, 5.74) is 0.424. The third kappa shape index (κ3) is 11.1. The number of alkyl halides is 5. The van der Waals surface area contributed by atoms with Gasteiger partial charge < -0.3 is 25.4 Å². The van der Waals surface area contributed by atoms with E-state index in [1.54, 1.807) is 12.1 Å². The van der Waals surface area contributed by atoms with Gasteiger partial charge in [0.05, 0.1) is 13.2 Å². The number of carbonyl (C=O) groups is 4. The first-order valence-electron chi connectivity index (χ1n) is 14.6. The molecule has 3 N–H and O–H groups in total. The van der Waals surface area contributed by atoms with Crippen molar-refractivity contribution in [3.05, 3.63) is 94.8 Å². The topological polar surface area (TPSA) is 123 Å². The van der Waals surface area contributed by atoms with Gasteiger partial charge in [-0.05, 0) is 59.5 Å². The summed E-state index contributed by atoms with van der Waals surface area (Å²) in [5, 5.41) is 5.83. The zero-order valence-electron chi connectivity index (χ0n) is 26.2.